The highest BCUT2D eigenvalue weighted by Gasteiger charge is 2.10. The van der Waals surface area contributed by atoms with Crippen LogP contribution in [0, 0.1) is 0 Å². The monoisotopic (exact) mass is 145 g/mol. The number of hydrogen-bond donors (Lipinski definition) is 0. The van der Waals surface area contributed by atoms with Crippen LogP contribution in [0.15, 0.2) is 0 Å². The molecule has 0 saturated carbocycles. The van der Waals surface area contributed by atoms with Gasteiger partial charge in [-0.15, -0.1) is 0 Å². The van der Waals surface area contributed by atoms with E-state index < -0.39 is 0 Å². The minimum Gasteiger partial charge on any atom is -0.432 e. The fourth-order valence-electron chi connectivity index (χ4n) is 0.787. The Morgan fingerprint density at radius 3 is 2.00 bits per heavy atom. The van der Waals surface area contributed by atoms with E-state index in [0.29, 0.717) is 6.61 Å². The van der Waals surface area contributed by atoms with Gasteiger partial charge in [0.15, 0.2) is 0 Å². The molecule has 0 bridgehead atoms. The first-order valence-corrected chi connectivity index (χ1v) is 3.44. The summed E-state index contributed by atoms with van der Waals surface area (Å²) in [5.41, 5.74) is 0. The van der Waals surface area contributed by atoms with Gasteiger partial charge in [-0.3, -0.25) is 0 Å². The number of ether oxygens (including phenoxy) is 1. The molecule has 0 aliphatic carbocycles. The number of hydrogen-bond acceptors (Lipinski definition) is 1. The molecule has 0 rings (SSSR count). The maximum absolute atomic E-state index is 5.33. The highest BCUT2D eigenvalue weighted by molar-refractivity contribution is 5.67. The van der Waals surface area contributed by atoms with Crippen LogP contribution < -0.4 is 0 Å². The summed E-state index contributed by atoms with van der Waals surface area (Å²) in [5.74, 6) is 0. The minimum absolute atomic E-state index is 0.714. The third-order valence-corrected chi connectivity index (χ3v) is 1.04. The van der Waals surface area contributed by atoms with E-state index in [9.17, 15) is 0 Å². The van der Waals surface area contributed by atoms with Gasteiger partial charge < -0.3 is 4.74 Å². The largest absolute Gasteiger partial charge is 0.445 e. The van der Waals surface area contributed by atoms with E-state index in [2.05, 4.69) is 0 Å². The zero-order chi connectivity index (χ0) is 8.15. The highest BCUT2D eigenvalue weighted by Crippen LogP contribution is 1.84. The van der Waals surface area contributed by atoms with Crippen LogP contribution in [-0.4, -0.2) is 50.3 Å². The Hall–Kier alpha value is -0.730. The molecule has 3 heteroatoms. The van der Waals surface area contributed by atoms with E-state index in [0.717, 1.165) is 6.02 Å². The summed E-state index contributed by atoms with van der Waals surface area (Å²) in [6.45, 7) is 2.69. The first-order chi connectivity index (χ1) is 4.59. The molecule has 0 saturated heterocycles. The second-order valence-corrected chi connectivity index (χ2v) is 2.50. The summed E-state index contributed by atoms with van der Waals surface area (Å²) in [7, 11) is 7.85. The Bertz CT molecular complexity index is 126. The molecule has 0 fully saturated rings. The van der Waals surface area contributed by atoms with Gasteiger partial charge in [0.2, 0.25) is 0 Å². The van der Waals surface area contributed by atoms with E-state index in [4.69, 9.17) is 4.74 Å². The molecule has 0 N–H and O–H groups in total. The van der Waals surface area contributed by atoms with Gasteiger partial charge in [-0.25, -0.2) is 9.48 Å². The molecule has 0 radical (unpaired) electrons. The molecule has 0 amide bonds. The maximum atomic E-state index is 5.33. The molecular formula is C7H17N2O+. The predicted octanol–water partition coefficient (Wildman–Crippen LogP) is 0.213. The Labute approximate surface area is 62.9 Å². The average Bonchev–Trinajstić information content (AvgIpc) is 1.81. The molecule has 10 heavy (non-hydrogen) atoms. The Balaban J connectivity index is 4.13. The van der Waals surface area contributed by atoms with Gasteiger partial charge in [0, 0.05) is 0 Å². The predicted molar refractivity (Wildman–Crippen MR) is 42.4 cm³/mol. The van der Waals surface area contributed by atoms with Crippen LogP contribution in [0.2, 0.25) is 0 Å². The standard InChI is InChI=1S/C7H17N2O/c1-6-10-7(8(2)3)9(4)5/h6H2,1-5H3/q+1. The molecule has 3 nitrogen and oxygen atoms in total. The van der Waals surface area contributed by atoms with Crippen LogP contribution in [0.25, 0.3) is 0 Å². The molecule has 60 valence electrons. The van der Waals surface area contributed by atoms with Crippen LogP contribution in [0.3, 0.4) is 0 Å². The summed E-state index contributed by atoms with van der Waals surface area (Å²) >= 11 is 0. The summed E-state index contributed by atoms with van der Waals surface area (Å²) in [6, 6.07) is 0.891. The number of rotatable bonds is 1. The second kappa shape index (κ2) is 4.14. The van der Waals surface area contributed by atoms with Gasteiger partial charge in [0.1, 0.15) is 0 Å². The number of amidine groups is 1. The van der Waals surface area contributed by atoms with E-state index in [1.807, 2.05) is 44.6 Å². The lowest BCUT2D eigenvalue weighted by molar-refractivity contribution is -0.480. The molecule has 0 aromatic heterocycles. The van der Waals surface area contributed by atoms with Crippen molar-refractivity contribution >= 4 is 6.02 Å². The molecular weight excluding hydrogens is 128 g/mol. The average molecular weight is 145 g/mol. The first-order valence-electron chi connectivity index (χ1n) is 3.44. The van der Waals surface area contributed by atoms with Crippen molar-refractivity contribution < 1.29 is 9.31 Å². The quantitative estimate of drug-likeness (QED) is 0.298. The van der Waals surface area contributed by atoms with Crippen LogP contribution in [-0.2, 0) is 4.74 Å². The van der Waals surface area contributed by atoms with Crippen molar-refractivity contribution in [1.29, 1.82) is 0 Å². The van der Waals surface area contributed by atoms with E-state index in [1.165, 1.54) is 0 Å². The fraction of sp³-hybridized carbons (Fsp3) is 0.857. The summed E-state index contributed by atoms with van der Waals surface area (Å²) in [4.78, 5) is 1.95. The van der Waals surface area contributed by atoms with Crippen molar-refractivity contribution in [1.82, 2.24) is 4.90 Å². The molecule has 0 aliphatic rings. The molecule has 0 heterocycles. The Morgan fingerprint density at radius 2 is 1.90 bits per heavy atom. The van der Waals surface area contributed by atoms with Crippen molar-refractivity contribution in [3.05, 3.63) is 0 Å². The van der Waals surface area contributed by atoms with Crippen molar-refractivity contribution in [2.75, 3.05) is 34.8 Å². The normalized spacial score (nSPS) is 8.90. The zero-order valence-electron chi connectivity index (χ0n) is 7.51. The molecule has 0 aromatic rings. The van der Waals surface area contributed by atoms with Crippen LogP contribution in [0.4, 0.5) is 0 Å². The lowest BCUT2D eigenvalue weighted by Gasteiger charge is -2.09. The lowest BCUT2D eigenvalue weighted by Crippen LogP contribution is -2.32. The van der Waals surface area contributed by atoms with E-state index >= 15 is 0 Å². The third kappa shape index (κ3) is 2.71. The van der Waals surface area contributed by atoms with Gasteiger partial charge in [-0.05, 0) is 6.92 Å². The SMILES string of the molecule is CCOC(N(C)C)=[N+](C)C. The molecule has 0 aromatic carbocycles. The van der Waals surface area contributed by atoms with Crippen LogP contribution in [0.1, 0.15) is 6.92 Å². The van der Waals surface area contributed by atoms with Crippen molar-refractivity contribution in [2.45, 2.75) is 6.92 Å². The Morgan fingerprint density at radius 1 is 1.40 bits per heavy atom. The summed E-state index contributed by atoms with van der Waals surface area (Å²) in [5, 5.41) is 0. The van der Waals surface area contributed by atoms with Gasteiger partial charge in [0.05, 0.1) is 34.8 Å². The summed E-state index contributed by atoms with van der Waals surface area (Å²) in [6.07, 6.45) is 0. The number of nitrogens with zero attached hydrogens (tertiary/aromatic N) is 2. The molecule has 0 aliphatic heterocycles. The lowest BCUT2D eigenvalue weighted by atomic mass is 10.8. The van der Waals surface area contributed by atoms with Crippen molar-refractivity contribution in [3.63, 3.8) is 0 Å². The van der Waals surface area contributed by atoms with Crippen LogP contribution in [0.5, 0.6) is 0 Å². The zero-order valence-corrected chi connectivity index (χ0v) is 7.51. The third-order valence-electron chi connectivity index (χ3n) is 1.04. The topological polar surface area (TPSA) is 15.5 Å². The second-order valence-electron chi connectivity index (χ2n) is 2.50. The van der Waals surface area contributed by atoms with Crippen molar-refractivity contribution in [2.24, 2.45) is 0 Å². The van der Waals surface area contributed by atoms with Crippen molar-refractivity contribution in [3.8, 4) is 0 Å². The van der Waals surface area contributed by atoms with Gasteiger partial charge >= 0.3 is 6.02 Å². The van der Waals surface area contributed by atoms with Gasteiger partial charge in [-0.1, -0.05) is 0 Å². The Kier molecular flexibility index (Phi) is 3.84. The smallest absolute Gasteiger partial charge is 0.432 e. The molecule has 0 spiro atoms. The maximum Gasteiger partial charge on any atom is 0.445 e. The van der Waals surface area contributed by atoms with E-state index in [1.54, 1.807) is 0 Å². The highest BCUT2D eigenvalue weighted by atomic mass is 16.5. The van der Waals surface area contributed by atoms with Gasteiger partial charge in [-0.2, -0.15) is 0 Å². The van der Waals surface area contributed by atoms with E-state index in [-0.39, 0.29) is 0 Å². The molecule has 0 atom stereocenters. The van der Waals surface area contributed by atoms with Gasteiger partial charge in [0.25, 0.3) is 0 Å². The first kappa shape index (κ1) is 9.27. The minimum atomic E-state index is 0.714. The summed E-state index contributed by atoms with van der Waals surface area (Å²) < 4.78 is 7.28. The molecule has 0 unspecified atom stereocenters. The fourth-order valence-corrected chi connectivity index (χ4v) is 0.787. The van der Waals surface area contributed by atoms with Crippen LogP contribution >= 0.6 is 0 Å².